The van der Waals surface area contributed by atoms with Gasteiger partial charge in [-0.05, 0) is 31.9 Å². The molecule has 0 bridgehead atoms. The molecular weight excluding hydrogens is 328 g/mol. The van der Waals surface area contributed by atoms with Crippen LogP contribution in [0.4, 0.5) is 11.6 Å². The summed E-state index contributed by atoms with van der Waals surface area (Å²) < 4.78 is 1.93. The zero-order valence-electron chi connectivity index (χ0n) is 15.1. The van der Waals surface area contributed by atoms with Crippen molar-refractivity contribution in [2.24, 2.45) is 0 Å². The van der Waals surface area contributed by atoms with E-state index in [-0.39, 0.29) is 0 Å². The summed E-state index contributed by atoms with van der Waals surface area (Å²) in [5, 5.41) is 13.4. The Kier molecular flexibility index (Phi) is 3.51. The lowest BCUT2D eigenvalue weighted by Gasteiger charge is -2.44. The molecule has 1 saturated carbocycles. The molecule has 3 aromatic rings. The van der Waals surface area contributed by atoms with Gasteiger partial charge >= 0.3 is 0 Å². The van der Waals surface area contributed by atoms with Crippen molar-refractivity contribution in [3.05, 3.63) is 36.0 Å². The van der Waals surface area contributed by atoms with E-state index in [4.69, 9.17) is 5.10 Å². The van der Waals surface area contributed by atoms with Crippen molar-refractivity contribution < 1.29 is 0 Å². The highest BCUT2D eigenvalue weighted by molar-refractivity contribution is 5.50. The largest absolute Gasteiger partial charge is 0.352 e. The van der Waals surface area contributed by atoms with Gasteiger partial charge in [0, 0.05) is 26.1 Å². The Morgan fingerprint density at radius 1 is 1.08 bits per heavy atom. The lowest BCUT2D eigenvalue weighted by Crippen LogP contribution is -2.59. The molecule has 0 N–H and O–H groups in total. The normalized spacial score (nSPS) is 18.0. The van der Waals surface area contributed by atoms with Crippen LogP contribution in [0.15, 0.2) is 24.5 Å². The maximum atomic E-state index is 4.81. The first kappa shape index (κ1) is 15.5. The molecule has 2 aliphatic rings. The van der Waals surface area contributed by atoms with E-state index in [1.807, 2.05) is 36.0 Å². The van der Waals surface area contributed by atoms with Crippen molar-refractivity contribution in [1.29, 1.82) is 0 Å². The summed E-state index contributed by atoms with van der Waals surface area (Å²) in [6.07, 6.45) is 7.32. The molecule has 1 saturated heterocycles. The van der Waals surface area contributed by atoms with Crippen molar-refractivity contribution in [3.8, 4) is 0 Å². The van der Waals surface area contributed by atoms with Gasteiger partial charge in [-0.2, -0.15) is 4.52 Å². The predicted octanol–water partition coefficient (Wildman–Crippen LogP) is 1.82. The van der Waals surface area contributed by atoms with Crippen molar-refractivity contribution in [2.75, 3.05) is 29.9 Å². The van der Waals surface area contributed by atoms with E-state index in [9.17, 15) is 0 Å². The van der Waals surface area contributed by atoms with Crippen LogP contribution in [-0.4, -0.2) is 56.0 Å². The Hall–Kier alpha value is -2.77. The van der Waals surface area contributed by atoms with Gasteiger partial charge in [-0.3, -0.25) is 4.98 Å². The standard InChI is InChI=1S/C18H22N8/c1-12-8-20-17(9-19-12)24(2)14-10-25(11-14)16-7-6-15-21-22-18(26(15)23-16)13-4-3-5-13/h6-9,13-14H,3-5,10-11H2,1-2H3. The molecule has 1 aliphatic carbocycles. The van der Waals surface area contributed by atoms with Gasteiger partial charge in [-0.15, -0.1) is 15.3 Å². The van der Waals surface area contributed by atoms with Crippen molar-refractivity contribution in [1.82, 2.24) is 29.8 Å². The van der Waals surface area contributed by atoms with E-state index in [0.717, 1.165) is 41.9 Å². The number of aromatic nitrogens is 6. The van der Waals surface area contributed by atoms with Crippen molar-refractivity contribution >= 4 is 17.3 Å². The van der Waals surface area contributed by atoms with Gasteiger partial charge in [0.05, 0.1) is 24.1 Å². The number of fused-ring (bicyclic) bond motifs is 1. The van der Waals surface area contributed by atoms with Crippen LogP contribution in [0.1, 0.15) is 36.7 Å². The minimum Gasteiger partial charge on any atom is -0.352 e. The van der Waals surface area contributed by atoms with Gasteiger partial charge in [-0.25, -0.2) is 4.98 Å². The average molecular weight is 350 g/mol. The van der Waals surface area contributed by atoms with Gasteiger partial charge in [-0.1, -0.05) is 6.42 Å². The number of hydrogen-bond acceptors (Lipinski definition) is 7. The summed E-state index contributed by atoms with van der Waals surface area (Å²) in [6.45, 7) is 3.80. The summed E-state index contributed by atoms with van der Waals surface area (Å²) in [5.41, 5.74) is 1.77. The number of nitrogens with zero attached hydrogens (tertiary/aromatic N) is 8. The highest BCUT2D eigenvalue weighted by Crippen LogP contribution is 2.35. The van der Waals surface area contributed by atoms with Gasteiger partial charge in [0.1, 0.15) is 11.6 Å². The van der Waals surface area contributed by atoms with Gasteiger partial charge in [0.25, 0.3) is 0 Å². The highest BCUT2D eigenvalue weighted by Gasteiger charge is 2.32. The summed E-state index contributed by atoms with van der Waals surface area (Å²) in [7, 11) is 2.08. The zero-order chi connectivity index (χ0) is 17.7. The molecule has 2 fully saturated rings. The Balaban J connectivity index is 1.31. The third-order valence-electron chi connectivity index (χ3n) is 5.61. The molecule has 0 atom stereocenters. The first-order valence-corrected chi connectivity index (χ1v) is 9.18. The molecule has 3 aromatic heterocycles. The third-order valence-corrected chi connectivity index (χ3v) is 5.61. The molecule has 26 heavy (non-hydrogen) atoms. The minimum absolute atomic E-state index is 0.413. The highest BCUT2D eigenvalue weighted by atomic mass is 15.4. The molecule has 1 aliphatic heterocycles. The molecule has 0 spiro atoms. The molecule has 5 rings (SSSR count). The lowest BCUT2D eigenvalue weighted by atomic mass is 9.85. The van der Waals surface area contributed by atoms with Crippen LogP contribution >= 0.6 is 0 Å². The Labute approximate surface area is 151 Å². The number of likely N-dealkylation sites (N-methyl/N-ethyl adjacent to an activating group) is 1. The van der Waals surface area contributed by atoms with E-state index in [1.54, 1.807) is 0 Å². The van der Waals surface area contributed by atoms with E-state index >= 15 is 0 Å². The number of hydrogen-bond donors (Lipinski definition) is 0. The first-order chi connectivity index (χ1) is 12.7. The fraction of sp³-hybridized carbons (Fsp3) is 0.500. The summed E-state index contributed by atoms with van der Waals surface area (Å²) in [6, 6.07) is 4.47. The molecule has 0 unspecified atom stereocenters. The van der Waals surface area contributed by atoms with Crippen LogP contribution < -0.4 is 9.80 Å². The van der Waals surface area contributed by atoms with Crippen LogP contribution in [0.2, 0.25) is 0 Å². The second-order valence-electron chi connectivity index (χ2n) is 7.33. The Morgan fingerprint density at radius 3 is 2.62 bits per heavy atom. The van der Waals surface area contributed by atoms with Gasteiger partial charge < -0.3 is 9.80 Å². The van der Waals surface area contributed by atoms with Crippen LogP contribution in [0.3, 0.4) is 0 Å². The minimum atomic E-state index is 0.413. The molecule has 8 nitrogen and oxygen atoms in total. The molecule has 0 aromatic carbocycles. The number of rotatable bonds is 4. The number of aryl methyl sites for hydroxylation is 1. The summed E-state index contributed by atoms with van der Waals surface area (Å²) in [4.78, 5) is 13.3. The fourth-order valence-electron chi connectivity index (χ4n) is 3.53. The number of anilines is 2. The average Bonchev–Trinajstić information content (AvgIpc) is 2.96. The van der Waals surface area contributed by atoms with E-state index < -0.39 is 0 Å². The molecule has 4 heterocycles. The molecule has 134 valence electrons. The van der Waals surface area contributed by atoms with Crippen LogP contribution in [0.5, 0.6) is 0 Å². The Bertz CT molecular complexity index is 924. The van der Waals surface area contributed by atoms with Crippen LogP contribution in [-0.2, 0) is 0 Å². The predicted molar refractivity (Wildman–Crippen MR) is 98.5 cm³/mol. The van der Waals surface area contributed by atoms with Crippen molar-refractivity contribution in [3.63, 3.8) is 0 Å². The zero-order valence-corrected chi connectivity index (χ0v) is 15.1. The molecule has 0 amide bonds. The second kappa shape index (κ2) is 5.89. The van der Waals surface area contributed by atoms with Gasteiger partial charge in [0.15, 0.2) is 11.5 Å². The third kappa shape index (κ3) is 2.48. The maximum Gasteiger partial charge on any atom is 0.178 e. The van der Waals surface area contributed by atoms with E-state index in [2.05, 4.69) is 37.0 Å². The summed E-state index contributed by atoms with van der Waals surface area (Å²) in [5.74, 6) is 3.42. The van der Waals surface area contributed by atoms with Crippen LogP contribution in [0, 0.1) is 6.92 Å². The molecule has 0 radical (unpaired) electrons. The van der Waals surface area contributed by atoms with Crippen LogP contribution in [0.25, 0.3) is 5.65 Å². The first-order valence-electron chi connectivity index (χ1n) is 9.18. The fourth-order valence-corrected chi connectivity index (χ4v) is 3.53. The SMILES string of the molecule is Cc1cnc(N(C)C2CN(c3ccc4nnc(C5CCC5)n4n3)C2)cn1. The maximum absolute atomic E-state index is 4.81. The quantitative estimate of drug-likeness (QED) is 0.710. The molecular formula is C18H22N8. The topological polar surface area (TPSA) is 75.3 Å². The second-order valence-corrected chi connectivity index (χ2v) is 7.33. The summed E-state index contributed by atoms with van der Waals surface area (Å²) >= 11 is 0. The lowest BCUT2D eigenvalue weighted by molar-refractivity contribution is 0.394. The van der Waals surface area contributed by atoms with E-state index in [0.29, 0.717) is 12.0 Å². The van der Waals surface area contributed by atoms with E-state index in [1.165, 1.54) is 19.3 Å². The Morgan fingerprint density at radius 2 is 1.92 bits per heavy atom. The van der Waals surface area contributed by atoms with Gasteiger partial charge in [0.2, 0.25) is 0 Å². The monoisotopic (exact) mass is 350 g/mol. The van der Waals surface area contributed by atoms with Crippen molar-refractivity contribution in [2.45, 2.75) is 38.1 Å². The smallest absolute Gasteiger partial charge is 0.178 e. The molecule has 8 heteroatoms.